The number of hydrogen-bond donors (Lipinski definition) is 3. The lowest BCUT2D eigenvalue weighted by molar-refractivity contribution is 0.299. The maximum Gasteiger partial charge on any atom is 0.168 e. The van der Waals surface area contributed by atoms with Crippen LogP contribution in [0.25, 0.3) is 11.3 Å². The number of nitrogen functional groups attached to an aromatic ring is 1. The second-order valence-corrected chi connectivity index (χ2v) is 6.96. The maximum absolute atomic E-state index is 14.4. The van der Waals surface area contributed by atoms with Gasteiger partial charge in [0.05, 0.1) is 18.2 Å². The van der Waals surface area contributed by atoms with E-state index in [1.54, 1.807) is 16.8 Å². The number of hydrogen-bond acceptors (Lipinski definition) is 6. The number of fused-ring (bicyclic) bond motifs is 1. The molecule has 7 nitrogen and oxygen atoms in total. The van der Waals surface area contributed by atoms with Crippen LogP contribution in [0, 0.1) is 11.6 Å². The van der Waals surface area contributed by atoms with Crippen LogP contribution in [-0.2, 0) is 0 Å². The largest absolute Gasteiger partial charge is 0.395 e. The molecule has 1 fully saturated rings. The quantitative estimate of drug-likeness (QED) is 0.589. The Bertz CT molecular complexity index is 1070. The molecule has 9 heteroatoms. The molecule has 0 saturated carbocycles. The minimum atomic E-state index is -0.464. The van der Waals surface area contributed by atoms with Gasteiger partial charge in [-0.1, -0.05) is 6.58 Å². The number of rotatable bonds is 6. The van der Waals surface area contributed by atoms with Crippen molar-refractivity contribution in [3.8, 4) is 0 Å². The van der Waals surface area contributed by atoms with Crippen LogP contribution in [0.4, 0.5) is 20.4 Å². The highest BCUT2D eigenvalue weighted by Gasteiger charge is 2.30. The third-order valence-electron chi connectivity index (χ3n) is 5.11. The zero-order valence-corrected chi connectivity index (χ0v) is 15.8. The first-order chi connectivity index (χ1) is 14.0. The first-order valence-corrected chi connectivity index (χ1v) is 9.40. The van der Waals surface area contributed by atoms with Crippen molar-refractivity contribution in [3.63, 3.8) is 0 Å². The fraction of sp³-hybridized carbons (Fsp3) is 0.300. The fourth-order valence-electron chi connectivity index (χ4n) is 3.82. The topological polar surface area (TPSA) is 91.7 Å². The highest BCUT2D eigenvalue weighted by Crippen LogP contribution is 2.37. The number of nitrogens with two attached hydrogens (primary N) is 1. The monoisotopic (exact) mass is 400 g/mol. The molecule has 0 bridgehead atoms. The fourth-order valence-corrected chi connectivity index (χ4v) is 3.82. The smallest absolute Gasteiger partial charge is 0.168 e. The average molecular weight is 400 g/mol. The van der Waals surface area contributed by atoms with Gasteiger partial charge in [-0.25, -0.2) is 18.3 Å². The van der Waals surface area contributed by atoms with Crippen LogP contribution in [0.3, 0.4) is 0 Å². The van der Waals surface area contributed by atoms with E-state index in [9.17, 15) is 8.78 Å². The molecule has 0 radical (unpaired) electrons. The zero-order valence-electron chi connectivity index (χ0n) is 15.8. The summed E-state index contributed by atoms with van der Waals surface area (Å²) in [7, 11) is 0. The van der Waals surface area contributed by atoms with Crippen molar-refractivity contribution in [2.75, 3.05) is 30.3 Å². The summed E-state index contributed by atoms with van der Waals surface area (Å²) >= 11 is 0. The Morgan fingerprint density at radius 1 is 1.34 bits per heavy atom. The lowest BCUT2D eigenvalue weighted by Crippen LogP contribution is -2.24. The predicted octanol–water partition coefficient (Wildman–Crippen LogP) is 2.48. The Morgan fingerprint density at radius 2 is 2.17 bits per heavy atom. The summed E-state index contributed by atoms with van der Waals surface area (Å²) in [4.78, 5) is 6.67. The highest BCUT2D eigenvalue weighted by atomic mass is 19.1. The summed E-state index contributed by atoms with van der Waals surface area (Å²) < 4.78 is 29.6. The van der Waals surface area contributed by atoms with Crippen molar-refractivity contribution >= 4 is 23.0 Å². The van der Waals surface area contributed by atoms with Gasteiger partial charge in [0, 0.05) is 30.5 Å². The van der Waals surface area contributed by atoms with Crippen molar-refractivity contribution in [1.29, 1.82) is 0 Å². The Balaban J connectivity index is 1.73. The number of halogens is 2. The van der Waals surface area contributed by atoms with E-state index in [4.69, 9.17) is 15.8 Å². The molecule has 1 saturated heterocycles. The number of benzene rings is 1. The number of aliphatic hydroxyl groups excluding tert-OH is 1. The minimum absolute atomic E-state index is 0.0501. The Morgan fingerprint density at radius 3 is 2.97 bits per heavy atom. The van der Waals surface area contributed by atoms with Crippen LogP contribution >= 0.6 is 0 Å². The second-order valence-electron chi connectivity index (χ2n) is 6.96. The molecule has 4 rings (SSSR count). The van der Waals surface area contributed by atoms with Gasteiger partial charge in [-0.15, -0.1) is 5.10 Å². The highest BCUT2D eigenvalue weighted by molar-refractivity contribution is 5.81. The van der Waals surface area contributed by atoms with Gasteiger partial charge >= 0.3 is 0 Å². The molecule has 4 N–H and O–H groups in total. The number of aliphatic hydroxyl groups is 1. The molecule has 0 amide bonds. The lowest BCUT2D eigenvalue weighted by Gasteiger charge is -2.26. The maximum atomic E-state index is 14.4. The van der Waals surface area contributed by atoms with E-state index in [0.717, 1.165) is 18.6 Å². The van der Waals surface area contributed by atoms with Crippen molar-refractivity contribution in [1.82, 2.24) is 19.9 Å². The molecule has 1 aliphatic heterocycles. The van der Waals surface area contributed by atoms with Crippen LogP contribution in [-0.4, -0.2) is 39.4 Å². The molecular weight excluding hydrogens is 378 g/mol. The first kappa shape index (κ1) is 19.1. The minimum Gasteiger partial charge on any atom is -0.395 e. The number of aromatic nitrogens is 3. The van der Waals surface area contributed by atoms with E-state index in [1.807, 2.05) is 4.90 Å². The molecule has 1 aliphatic rings. The van der Waals surface area contributed by atoms with Crippen molar-refractivity contribution in [2.24, 2.45) is 0 Å². The van der Waals surface area contributed by atoms with E-state index in [1.165, 1.54) is 6.07 Å². The summed E-state index contributed by atoms with van der Waals surface area (Å²) in [6, 6.07) is 5.00. The number of anilines is 2. The van der Waals surface area contributed by atoms with Crippen molar-refractivity contribution in [2.45, 2.75) is 18.9 Å². The normalized spacial score (nSPS) is 16.5. The molecule has 2 aromatic heterocycles. The molecule has 0 unspecified atom stereocenters. The van der Waals surface area contributed by atoms with E-state index < -0.39 is 11.6 Å². The first-order valence-electron chi connectivity index (χ1n) is 9.40. The van der Waals surface area contributed by atoms with Gasteiger partial charge in [-0.3, -0.25) is 0 Å². The molecule has 152 valence electrons. The van der Waals surface area contributed by atoms with Crippen LogP contribution in [0.15, 0.2) is 37.0 Å². The van der Waals surface area contributed by atoms with Crippen LogP contribution in [0.1, 0.15) is 30.0 Å². The molecular formula is C20H22F2N6O. The van der Waals surface area contributed by atoms with Gasteiger partial charge in [0.15, 0.2) is 11.5 Å². The van der Waals surface area contributed by atoms with E-state index >= 15 is 0 Å². The summed E-state index contributed by atoms with van der Waals surface area (Å²) in [5.41, 5.74) is 7.92. The molecule has 29 heavy (non-hydrogen) atoms. The Kier molecular flexibility index (Phi) is 5.06. The number of nitrogens with zero attached hydrogens (tertiary/aromatic N) is 4. The third kappa shape index (κ3) is 3.49. The average Bonchev–Trinajstić information content (AvgIpc) is 3.31. The van der Waals surface area contributed by atoms with Crippen LogP contribution < -0.4 is 16.0 Å². The van der Waals surface area contributed by atoms with Gasteiger partial charge in [0.1, 0.15) is 17.5 Å². The van der Waals surface area contributed by atoms with Gasteiger partial charge in [-0.05, 0) is 37.1 Å². The summed E-state index contributed by atoms with van der Waals surface area (Å²) in [5, 5.41) is 16.3. The Labute approximate surface area is 166 Å². The van der Waals surface area contributed by atoms with Gasteiger partial charge in [0.25, 0.3) is 0 Å². The van der Waals surface area contributed by atoms with E-state index in [0.29, 0.717) is 47.8 Å². The van der Waals surface area contributed by atoms with Crippen LogP contribution in [0.5, 0.6) is 0 Å². The van der Waals surface area contributed by atoms with E-state index in [-0.39, 0.29) is 18.5 Å². The molecule has 1 aromatic carbocycles. The summed E-state index contributed by atoms with van der Waals surface area (Å²) in [6.07, 6.45) is 3.27. The molecule has 0 aliphatic carbocycles. The van der Waals surface area contributed by atoms with E-state index in [2.05, 4.69) is 17.0 Å². The van der Waals surface area contributed by atoms with Crippen LogP contribution in [0.2, 0.25) is 0 Å². The molecule has 1 atom stereocenters. The Hall–Kier alpha value is -3.20. The van der Waals surface area contributed by atoms with Crippen molar-refractivity contribution < 1.29 is 13.9 Å². The van der Waals surface area contributed by atoms with Gasteiger partial charge in [0.2, 0.25) is 0 Å². The SMILES string of the molecule is C=C(NCCO)c1c(N)nn2ccc(N3CCC[C@@H]3c3cc(F)ccc3F)nc12. The second kappa shape index (κ2) is 7.67. The zero-order chi connectivity index (χ0) is 20.5. The predicted molar refractivity (Wildman–Crippen MR) is 107 cm³/mol. The van der Waals surface area contributed by atoms with Gasteiger partial charge < -0.3 is 21.1 Å². The third-order valence-corrected chi connectivity index (χ3v) is 5.11. The standard InChI is InChI=1S/C20H22F2N6O/c1-12(24-7-10-29)18-19(23)26-28-9-6-17(25-20(18)28)27-8-2-3-16(27)14-11-13(21)4-5-15(14)22/h4-6,9,11,16,24,29H,1-3,7-8,10H2,(H2,23,26)/t16-/m1/s1. The molecule has 3 heterocycles. The number of nitrogens with one attached hydrogen (secondary N) is 1. The van der Waals surface area contributed by atoms with Crippen molar-refractivity contribution in [3.05, 3.63) is 59.8 Å². The molecule has 3 aromatic rings. The molecule has 0 spiro atoms. The van der Waals surface area contributed by atoms with Gasteiger partial charge in [-0.2, -0.15) is 0 Å². The summed E-state index contributed by atoms with van der Waals surface area (Å²) in [6.45, 7) is 4.90. The summed E-state index contributed by atoms with van der Waals surface area (Å²) in [5.74, 6) is -0.00646. The lowest BCUT2D eigenvalue weighted by atomic mass is 10.0.